The Kier molecular flexibility index (Phi) is 6.15. The molecule has 2 aromatic carbocycles. The number of carbonyl (C=O) groups excluding carboxylic acids is 1. The van der Waals surface area contributed by atoms with E-state index in [2.05, 4.69) is 10.5 Å². The number of phenolic OH excluding ortho intramolecular Hbond substituents is 1. The molecular weight excluding hydrogens is 373 g/mol. The summed E-state index contributed by atoms with van der Waals surface area (Å²) in [6, 6.07) is 8.48. The van der Waals surface area contributed by atoms with Gasteiger partial charge in [0.15, 0.2) is 6.61 Å². The van der Waals surface area contributed by atoms with Crippen LogP contribution in [0, 0.1) is 10.1 Å². The number of nitro groups is 1. The number of para-hydroxylation sites is 1. The van der Waals surface area contributed by atoms with Gasteiger partial charge in [-0.25, -0.2) is 5.43 Å². The predicted molar refractivity (Wildman–Crippen MR) is 92.5 cm³/mol. The molecule has 2 aromatic rings. The number of hydrogen-bond acceptors (Lipinski definition) is 6. The third-order valence-electron chi connectivity index (χ3n) is 2.89. The second kappa shape index (κ2) is 8.32. The molecule has 0 saturated carbocycles. The number of nitrogens with one attached hydrogen (secondary N) is 1. The number of ether oxygens (including phenoxy) is 1. The van der Waals surface area contributed by atoms with Gasteiger partial charge in [-0.1, -0.05) is 29.3 Å². The van der Waals surface area contributed by atoms with Crippen molar-refractivity contribution in [2.24, 2.45) is 5.10 Å². The van der Waals surface area contributed by atoms with Crippen LogP contribution in [0.1, 0.15) is 5.56 Å². The molecule has 0 bridgehead atoms. The van der Waals surface area contributed by atoms with E-state index in [1.165, 1.54) is 24.3 Å². The quantitative estimate of drug-likeness (QED) is 0.451. The van der Waals surface area contributed by atoms with Crippen LogP contribution in [0.4, 0.5) is 5.69 Å². The van der Waals surface area contributed by atoms with Gasteiger partial charge in [-0.2, -0.15) is 5.10 Å². The second-order valence-corrected chi connectivity index (χ2v) is 5.47. The maximum Gasteiger partial charge on any atom is 0.311 e. The summed E-state index contributed by atoms with van der Waals surface area (Å²) in [5.74, 6) is -0.858. The van der Waals surface area contributed by atoms with E-state index in [1.807, 2.05) is 0 Å². The highest BCUT2D eigenvalue weighted by atomic mass is 35.5. The summed E-state index contributed by atoms with van der Waals surface area (Å²) >= 11 is 11.7. The van der Waals surface area contributed by atoms with E-state index in [9.17, 15) is 20.0 Å². The van der Waals surface area contributed by atoms with Gasteiger partial charge in [-0.15, -0.1) is 0 Å². The highest BCUT2D eigenvalue weighted by molar-refractivity contribution is 6.35. The SMILES string of the molecule is O=C(COc1ccc(Cl)cc1Cl)NN=Cc1cccc([N+](=O)[O-])c1O. The Morgan fingerprint density at radius 1 is 1.36 bits per heavy atom. The van der Waals surface area contributed by atoms with Crippen molar-refractivity contribution in [2.45, 2.75) is 0 Å². The lowest BCUT2D eigenvalue weighted by Gasteiger charge is -2.07. The number of phenols is 1. The van der Waals surface area contributed by atoms with Gasteiger partial charge in [0.25, 0.3) is 5.91 Å². The molecule has 0 unspecified atom stereocenters. The molecule has 0 atom stereocenters. The molecule has 0 spiro atoms. The smallest absolute Gasteiger partial charge is 0.311 e. The lowest BCUT2D eigenvalue weighted by atomic mass is 10.2. The molecule has 1 amide bonds. The molecule has 0 fully saturated rings. The third-order valence-corrected chi connectivity index (χ3v) is 3.42. The van der Waals surface area contributed by atoms with Gasteiger partial charge in [-0.05, 0) is 24.3 Å². The van der Waals surface area contributed by atoms with Gasteiger partial charge in [0.05, 0.1) is 16.2 Å². The molecule has 0 heterocycles. The van der Waals surface area contributed by atoms with Crippen molar-refractivity contribution in [1.29, 1.82) is 0 Å². The molecule has 0 saturated heterocycles. The Labute approximate surface area is 151 Å². The molecule has 2 N–H and O–H groups in total. The minimum Gasteiger partial charge on any atom is -0.502 e. The van der Waals surface area contributed by atoms with Crippen LogP contribution in [0.25, 0.3) is 0 Å². The van der Waals surface area contributed by atoms with E-state index in [-0.39, 0.29) is 22.9 Å². The Bertz CT molecular complexity index is 842. The fourth-order valence-electron chi connectivity index (χ4n) is 1.74. The Morgan fingerprint density at radius 2 is 2.12 bits per heavy atom. The summed E-state index contributed by atoms with van der Waals surface area (Å²) in [5.41, 5.74) is 1.78. The van der Waals surface area contributed by atoms with Crippen LogP contribution in [0.5, 0.6) is 11.5 Å². The van der Waals surface area contributed by atoms with Crippen molar-refractivity contribution in [3.63, 3.8) is 0 Å². The number of benzene rings is 2. The number of amides is 1. The fourth-order valence-corrected chi connectivity index (χ4v) is 2.20. The Hall–Kier alpha value is -2.84. The van der Waals surface area contributed by atoms with Crippen molar-refractivity contribution >= 4 is 41.0 Å². The van der Waals surface area contributed by atoms with Crippen LogP contribution in [-0.4, -0.2) is 28.8 Å². The van der Waals surface area contributed by atoms with E-state index in [4.69, 9.17) is 27.9 Å². The van der Waals surface area contributed by atoms with Crippen LogP contribution in [0.3, 0.4) is 0 Å². The number of nitrogens with zero attached hydrogens (tertiary/aromatic N) is 2. The number of hydrogen-bond donors (Lipinski definition) is 2. The molecule has 130 valence electrons. The summed E-state index contributed by atoms with van der Waals surface area (Å²) < 4.78 is 5.22. The number of rotatable bonds is 6. The van der Waals surface area contributed by atoms with E-state index in [1.54, 1.807) is 6.07 Å². The minimum absolute atomic E-state index is 0.0798. The normalized spacial score (nSPS) is 10.6. The highest BCUT2D eigenvalue weighted by Gasteiger charge is 2.15. The maximum atomic E-state index is 11.7. The van der Waals surface area contributed by atoms with Gasteiger partial charge in [-0.3, -0.25) is 14.9 Å². The number of aromatic hydroxyl groups is 1. The number of halogens is 2. The molecule has 0 aliphatic heterocycles. The number of hydrazone groups is 1. The number of carbonyl (C=O) groups is 1. The summed E-state index contributed by atoms with van der Waals surface area (Å²) in [4.78, 5) is 21.6. The molecule has 0 radical (unpaired) electrons. The lowest BCUT2D eigenvalue weighted by Crippen LogP contribution is -2.24. The van der Waals surface area contributed by atoms with Crippen LogP contribution in [0.2, 0.25) is 10.0 Å². The first kappa shape index (κ1) is 18.5. The molecule has 0 aliphatic rings. The minimum atomic E-state index is -0.727. The summed E-state index contributed by atoms with van der Waals surface area (Å²) in [6.45, 7) is -0.361. The van der Waals surface area contributed by atoms with Crippen LogP contribution in [0.15, 0.2) is 41.5 Å². The summed E-state index contributed by atoms with van der Waals surface area (Å²) in [7, 11) is 0. The maximum absolute atomic E-state index is 11.7. The molecular formula is C15H11Cl2N3O5. The van der Waals surface area contributed by atoms with Crippen LogP contribution >= 0.6 is 23.2 Å². The van der Waals surface area contributed by atoms with E-state index >= 15 is 0 Å². The van der Waals surface area contributed by atoms with E-state index < -0.39 is 22.3 Å². The molecule has 0 aliphatic carbocycles. The molecule has 25 heavy (non-hydrogen) atoms. The zero-order valence-corrected chi connectivity index (χ0v) is 14.0. The predicted octanol–water partition coefficient (Wildman–Crippen LogP) is 3.14. The van der Waals surface area contributed by atoms with Crippen molar-refractivity contribution < 1.29 is 19.6 Å². The first-order valence-electron chi connectivity index (χ1n) is 6.74. The Morgan fingerprint density at radius 3 is 2.80 bits per heavy atom. The van der Waals surface area contributed by atoms with Crippen molar-refractivity contribution in [1.82, 2.24) is 5.43 Å². The lowest BCUT2D eigenvalue weighted by molar-refractivity contribution is -0.385. The molecule has 0 aromatic heterocycles. The first-order chi connectivity index (χ1) is 11.9. The molecule has 2 rings (SSSR count). The van der Waals surface area contributed by atoms with Gasteiger partial charge in [0, 0.05) is 16.7 Å². The highest BCUT2D eigenvalue weighted by Crippen LogP contribution is 2.28. The van der Waals surface area contributed by atoms with Gasteiger partial charge < -0.3 is 9.84 Å². The standard InChI is InChI=1S/C15H11Cl2N3O5/c16-10-4-5-13(11(17)6-10)25-8-14(21)19-18-7-9-2-1-3-12(15(9)22)20(23)24/h1-7,22H,8H2,(H,19,21). The summed E-state index contributed by atoms with van der Waals surface area (Å²) in [5, 5.41) is 24.8. The second-order valence-electron chi connectivity index (χ2n) is 4.63. The van der Waals surface area contributed by atoms with Crippen molar-refractivity contribution in [2.75, 3.05) is 6.61 Å². The zero-order chi connectivity index (χ0) is 18.4. The largest absolute Gasteiger partial charge is 0.502 e. The van der Waals surface area contributed by atoms with Gasteiger partial charge in [0.2, 0.25) is 5.75 Å². The average Bonchev–Trinajstić information content (AvgIpc) is 2.55. The number of nitro benzene ring substituents is 1. The van der Waals surface area contributed by atoms with Crippen LogP contribution in [-0.2, 0) is 4.79 Å². The fraction of sp³-hybridized carbons (Fsp3) is 0.0667. The van der Waals surface area contributed by atoms with Crippen molar-refractivity contribution in [3.8, 4) is 11.5 Å². The Balaban J connectivity index is 1.93. The molecule has 8 nitrogen and oxygen atoms in total. The monoisotopic (exact) mass is 383 g/mol. The van der Waals surface area contributed by atoms with Crippen LogP contribution < -0.4 is 10.2 Å². The first-order valence-corrected chi connectivity index (χ1v) is 7.50. The van der Waals surface area contributed by atoms with Gasteiger partial charge >= 0.3 is 5.69 Å². The third kappa shape index (κ3) is 5.07. The topological polar surface area (TPSA) is 114 Å². The summed E-state index contributed by atoms with van der Waals surface area (Å²) in [6.07, 6.45) is 1.08. The zero-order valence-electron chi connectivity index (χ0n) is 12.5. The van der Waals surface area contributed by atoms with E-state index in [0.717, 1.165) is 12.3 Å². The van der Waals surface area contributed by atoms with E-state index in [0.29, 0.717) is 5.02 Å². The average molecular weight is 384 g/mol. The van der Waals surface area contributed by atoms with Gasteiger partial charge in [0.1, 0.15) is 5.75 Å². The molecule has 10 heteroatoms. The van der Waals surface area contributed by atoms with Crippen molar-refractivity contribution in [3.05, 3.63) is 62.1 Å².